The molecule has 0 atom stereocenters. The molecule has 3 aromatic rings. The number of nitrogens with zero attached hydrogens (tertiary/aromatic N) is 4. The van der Waals surface area contributed by atoms with Crippen molar-refractivity contribution in [3.63, 3.8) is 0 Å². The van der Waals surface area contributed by atoms with E-state index in [9.17, 15) is 4.79 Å². The lowest BCUT2D eigenvalue weighted by molar-refractivity contribution is 0.0389. The fraction of sp³-hybridized carbons (Fsp3) is 0.469. The van der Waals surface area contributed by atoms with Gasteiger partial charge in [0, 0.05) is 68.4 Å². The van der Waals surface area contributed by atoms with Crippen LogP contribution in [-0.4, -0.2) is 105 Å². The number of carbonyl (C=O) groups is 1. The molecule has 2 aliphatic rings. The second-order valence-corrected chi connectivity index (χ2v) is 11.2. The number of aromatic nitrogens is 1. The average Bonchev–Trinajstić information content (AvgIpc) is 3.51. The van der Waals surface area contributed by atoms with Crippen molar-refractivity contribution < 1.29 is 18.8 Å². The van der Waals surface area contributed by atoms with Crippen molar-refractivity contribution in [2.24, 2.45) is 4.99 Å². The Kier molecular flexibility index (Phi) is 10.4. The molecule has 3 heterocycles. The predicted molar refractivity (Wildman–Crippen MR) is 163 cm³/mol. The molecular weight excluding hydrogens is 532 g/mol. The number of benzene rings is 2. The zero-order chi connectivity index (χ0) is 29.2. The van der Waals surface area contributed by atoms with E-state index in [1.165, 1.54) is 0 Å². The maximum absolute atomic E-state index is 13.1. The highest BCUT2D eigenvalue weighted by molar-refractivity contribution is 6.09. The molecule has 10 heteroatoms. The lowest BCUT2D eigenvalue weighted by atomic mass is 9.80. The number of hydrogen-bond donors (Lipinski definition) is 2. The summed E-state index contributed by atoms with van der Waals surface area (Å²) in [6.45, 7) is 14.2. The van der Waals surface area contributed by atoms with Crippen LogP contribution in [0.1, 0.15) is 41.0 Å². The van der Waals surface area contributed by atoms with Gasteiger partial charge in [-0.1, -0.05) is 67.5 Å². The summed E-state index contributed by atoms with van der Waals surface area (Å²) in [5.41, 5.74) is 2.56. The normalized spacial score (nSPS) is 17.2. The van der Waals surface area contributed by atoms with E-state index in [1.807, 2.05) is 60.7 Å². The second-order valence-electron chi connectivity index (χ2n) is 11.2. The van der Waals surface area contributed by atoms with Gasteiger partial charge >= 0.3 is 0 Å². The number of ketones is 1. The summed E-state index contributed by atoms with van der Waals surface area (Å²) in [5.74, 6) is 1.17. The monoisotopic (exact) mass is 574 g/mol. The molecule has 0 unspecified atom stereocenters. The molecule has 0 aliphatic carbocycles. The van der Waals surface area contributed by atoms with E-state index in [1.54, 1.807) is 0 Å². The fourth-order valence-electron chi connectivity index (χ4n) is 5.12. The molecule has 10 nitrogen and oxygen atoms in total. The van der Waals surface area contributed by atoms with Crippen LogP contribution >= 0.6 is 0 Å². The van der Waals surface area contributed by atoms with Crippen LogP contribution in [-0.2, 0) is 14.9 Å². The van der Waals surface area contributed by atoms with E-state index in [2.05, 4.69) is 39.4 Å². The summed E-state index contributed by atoms with van der Waals surface area (Å²) in [5, 5.41) is 11.2. The number of ether oxygens (including phenoxy) is 2. The lowest BCUT2D eigenvalue weighted by Gasteiger charge is -2.27. The quantitative estimate of drug-likeness (QED) is 0.203. The number of guanidine groups is 1. The van der Waals surface area contributed by atoms with Gasteiger partial charge in [-0.3, -0.25) is 24.9 Å². The minimum absolute atomic E-state index is 0.00292. The topological polar surface area (TPSA) is 104 Å². The number of carbonyl (C=O) groups excluding carboxylic acids is 1. The number of hydrogen-bond acceptors (Lipinski definition) is 8. The third-order valence-corrected chi connectivity index (χ3v) is 7.89. The Labute approximate surface area is 248 Å². The first-order valence-electron chi connectivity index (χ1n) is 14.8. The molecule has 0 saturated carbocycles. The van der Waals surface area contributed by atoms with Gasteiger partial charge in [-0.2, -0.15) is 0 Å². The highest BCUT2D eigenvalue weighted by atomic mass is 16.5. The van der Waals surface area contributed by atoms with Crippen LogP contribution in [0.4, 0.5) is 5.88 Å². The Hall–Kier alpha value is -3.57. The lowest BCUT2D eigenvalue weighted by Crippen LogP contribution is -2.43. The molecule has 2 fully saturated rings. The van der Waals surface area contributed by atoms with Gasteiger partial charge in [0.2, 0.25) is 5.88 Å². The average molecular weight is 575 g/mol. The molecule has 42 heavy (non-hydrogen) atoms. The first-order chi connectivity index (χ1) is 20.5. The Balaban J connectivity index is 1.26. The zero-order valence-corrected chi connectivity index (χ0v) is 24.7. The van der Waals surface area contributed by atoms with E-state index in [0.717, 1.165) is 83.5 Å². The van der Waals surface area contributed by atoms with Gasteiger partial charge < -0.3 is 19.3 Å². The molecule has 5 rings (SSSR count). The van der Waals surface area contributed by atoms with Crippen LogP contribution in [0.5, 0.6) is 0 Å². The Bertz CT molecular complexity index is 1310. The standard InChI is InChI=1S/C32H42N6O4/c1-32(2,27-10-6-9-26(23-27)30(39)25-7-4-3-5-8-25)28-24-29(42-36-28)35-31(33-11-13-37-15-19-40-20-16-37)34-12-14-38-17-21-41-22-18-38/h3-10,23-24H,11-22H2,1-2H3,(H2,33,34,35). The van der Waals surface area contributed by atoms with E-state index in [-0.39, 0.29) is 5.78 Å². The maximum Gasteiger partial charge on any atom is 0.231 e. The number of anilines is 1. The minimum Gasteiger partial charge on any atom is -0.379 e. The molecule has 0 amide bonds. The van der Waals surface area contributed by atoms with Crippen molar-refractivity contribution in [2.75, 3.05) is 84.1 Å². The third kappa shape index (κ3) is 8.04. The summed E-state index contributed by atoms with van der Waals surface area (Å²) in [7, 11) is 0. The van der Waals surface area contributed by atoms with Crippen molar-refractivity contribution >= 4 is 17.6 Å². The predicted octanol–water partition coefficient (Wildman–Crippen LogP) is 3.25. The zero-order valence-electron chi connectivity index (χ0n) is 24.7. The van der Waals surface area contributed by atoms with Crippen LogP contribution in [0.15, 0.2) is 70.2 Å². The molecule has 0 spiro atoms. The van der Waals surface area contributed by atoms with Crippen molar-refractivity contribution in [3.8, 4) is 0 Å². The van der Waals surface area contributed by atoms with Gasteiger partial charge in [0.15, 0.2) is 11.7 Å². The molecule has 2 aliphatic heterocycles. The van der Waals surface area contributed by atoms with E-state index >= 15 is 0 Å². The van der Waals surface area contributed by atoms with Crippen LogP contribution in [0.2, 0.25) is 0 Å². The summed E-state index contributed by atoms with van der Waals surface area (Å²) >= 11 is 0. The number of rotatable bonds is 11. The first kappa shape index (κ1) is 29.9. The summed E-state index contributed by atoms with van der Waals surface area (Å²) in [4.78, 5) is 22.7. The molecule has 0 radical (unpaired) electrons. The highest BCUT2D eigenvalue weighted by Gasteiger charge is 2.28. The second kappa shape index (κ2) is 14.6. The highest BCUT2D eigenvalue weighted by Crippen LogP contribution is 2.33. The Morgan fingerprint density at radius 1 is 0.881 bits per heavy atom. The third-order valence-electron chi connectivity index (χ3n) is 7.89. The van der Waals surface area contributed by atoms with Crippen molar-refractivity contribution in [1.82, 2.24) is 20.3 Å². The SMILES string of the molecule is CC(C)(c1cccc(C(=O)c2ccccc2)c1)c1cc(NC(=NCCN2CCOCC2)NCCN2CCOCC2)on1. The van der Waals surface area contributed by atoms with Gasteiger partial charge in [0.25, 0.3) is 0 Å². The van der Waals surface area contributed by atoms with E-state index in [0.29, 0.717) is 29.5 Å². The first-order valence-corrected chi connectivity index (χ1v) is 14.8. The smallest absolute Gasteiger partial charge is 0.231 e. The summed E-state index contributed by atoms with van der Waals surface area (Å²) in [6.07, 6.45) is 0. The molecule has 1 aromatic heterocycles. The molecular formula is C32H42N6O4. The fourth-order valence-corrected chi connectivity index (χ4v) is 5.12. The van der Waals surface area contributed by atoms with Crippen molar-refractivity contribution in [1.29, 1.82) is 0 Å². The van der Waals surface area contributed by atoms with Gasteiger partial charge in [0.05, 0.1) is 38.7 Å². The minimum atomic E-state index is -0.492. The molecule has 224 valence electrons. The largest absolute Gasteiger partial charge is 0.379 e. The van der Waals surface area contributed by atoms with E-state index in [4.69, 9.17) is 19.0 Å². The Morgan fingerprint density at radius 2 is 1.55 bits per heavy atom. The van der Waals surface area contributed by atoms with E-state index < -0.39 is 5.41 Å². The van der Waals surface area contributed by atoms with Crippen LogP contribution in [0.25, 0.3) is 0 Å². The van der Waals surface area contributed by atoms with Crippen molar-refractivity contribution in [2.45, 2.75) is 19.3 Å². The van der Waals surface area contributed by atoms with Gasteiger partial charge in [-0.15, -0.1) is 0 Å². The molecule has 2 N–H and O–H groups in total. The van der Waals surface area contributed by atoms with Crippen LogP contribution in [0.3, 0.4) is 0 Å². The number of morpholine rings is 2. The van der Waals surface area contributed by atoms with Crippen LogP contribution < -0.4 is 10.6 Å². The van der Waals surface area contributed by atoms with Crippen LogP contribution in [0, 0.1) is 0 Å². The summed E-state index contributed by atoms with van der Waals surface area (Å²) in [6, 6.07) is 19.0. The van der Waals surface area contributed by atoms with Gasteiger partial charge in [-0.25, -0.2) is 0 Å². The van der Waals surface area contributed by atoms with Crippen molar-refractivity contribution in [3.05, 3.63) is 83.0 Å². The molecule has 0 bridgehead atoms. The number of nitrogens with one attached hydrogen (secondary N) is 2. The van der Waals surface area contributed by atoms with Gasteiger partial charge in [-0.05, 0) is 11.6 Å². The molecule has 2 saturated heterocycles. The maximum atomic E-state index is 13.1. The summed E-state index contributed by atoms with van der Waals surface area (Å²) < 4.78 is 16.7. The Morgan fingerprint density at radius 3 is 2.26 bits per heavy atom. The molecule has 2 aromatic carbocycles. The number of aliphatic imine (C=N–C) groups is 1. The van der Waals surface area contributed by atoms with Gasteiger partial charge in [0.1, 0.15) is 0 Å².